The van der Waals surface area contributed by atoms with E-state index < -0.39 is 0 Å². The van der Waals surface area contributed by atoms with Crippen molar-refractivity contribution in [2.24, 2.45) is 0 Å². The quantitative estimate of drug-likeness (QED) is 0.735. The van der Waals surface area contributed by atoms with Gasteiger partial charge in [0.1, 0.15) is 5.82 Å². The summed E-state index contributed by atoms with van der Waals surface area (Å²) in [6.07, 6.45) is 6.15. The number of anilines is 1. The van der Waals surface area contributed by atoms with Crippen LogP contribution in [-0.4, -0.2) is 82.8 Å². The van der Waals surface area contributed by atoms with Crippen molar-refractivity contribution in [3.05, 3.63) is 24.2 Å². The van der Waals surface area contributed by atoms with Crippen LogP contribution in [0.25, 0.3) is 11.4 Å². The highest BCUT2D eigenvalue weighted by atomic mass is 16.5. The lowest BCUT2D eigenvalue weighted by molar-refractivity contribution is -0.129. The van der Waals surface area contributed by atoms with Gasteiger partial charge >= 0.3 is 0 Å². The molecule has 0 unspecified atom stereocenters. The Kier molecular flexibility index (Phi) is 5.87. The monoisotopic (exact) mass is 426 g/mol. The number of pyridine rings is 1. The van der Waals surface area contributed by atoms with Crippen molar-refractivity contribution < 1.29 is 14.1 Å². The van der Waals surface area contributed by atoms with E-state index in [1.165, 1.54) is 0 Å². The van der Waals surface area contributed by atoms with E-state index in [1.54, 1.807) is 13.1 Å². The second-order valence-corrected chi connectivity index (χ2v) is 8.59. The summed E-state index contributed by atoms with van der Waals surface area (Å²) in [7, 11) is 0. The van der Waals surface area contributed by atoms with E-state index in [0.717, 1.165) is 83.0 Å². The van der Waals surface area contributed by atoms with Gasteiger partial charge in [0, 0.05) is 64.1 Å². The number of likely N-dealkylation sites (tertiary alicyclic amines) is 1. The van der Waals surface area contributed by atoms with Crippen molar-refractivity contribution in [3.8, 4) is 11.4 Å². The Hall–Kier alpha value is -2.52. The zero-order valence-electron chi connectivity index (χ0n) is 18.1. The van der Waals surface area contributed by atoms with Crippen molar-refractivity contribution >= 4 is 11.7 Å². The zero-order chi connectivity index (χ0) is 21.2. The maximum absolute atomic E-state index is 11.6. The van der Waals surface area contributed by atoms with E-state index in [-0.39, 0.29) is 11.9 Å². The van der Waals surface area contributed by atoms with Crippen LogP contribution >= 0.6 is 0 Å². The average Bonchev–Trinajstić information content (AvgIpc) is 3.50. The number of piperazine rings is 1. The van der Waals surface area contributed by atoms with Gasteiger partial charge < -0.3 is 19.1 Å². The largest absolute Gasteiger partial charge is 0.381 e. The van der Waals surface area contributed by atoms with Crippen LogP contribution in [0.1, 0.15) is 44.5 Å². The molecule has 3 aliphatic heterocycles. The Morgan fingerprint density at radius 2 is 1.90 bits per heavy atom. The van der Waals surface area contributed by atoms with Crippen molar-refractivity contribution in [1.82, 2.24) is 24.9 Å². The fraction of sp³-hybridized carbons (Fsp3) is 0.636. The Morgan fingerprint density at radius 1 is 1.10 bits per heavy atom. The molecule has 0 spiro atoms. The molecule has 3 aliphatic rings. The molecular weight excluding hydrogens is 396 g/mol. The third-order valence-corrected chi connectivity index (χ3v) is 6.73. The highest BCUT2D eigenvalue weighted by Gasteiger charge is 2.36. The van der Waals surface area contributed by atoms with E-state index >= 15 is 0 Å². The number of carbonyl (C=O) groups is 1. The SMILES string of the molecule is CC(=O)N1CCN(c2cc(-c3noc([C@@H]4CCCN4C4CCOCC4)n3)ccn2)CC1. The van der Waals surface area contributed by atoms with E-state index in [9.17, 15) is 4.79 Å². The van der Waals surface area contributed by atoms with Gasteiger partial charge in [-0.15, -0.1) is 0 Å². The molecule has 0 aliphatic carbocycles. The molecule has 9 nitrogen and oxygen atoms in total. The summed E-state index contributed by atoms with van der Waals surface area (Å²) in [4.78, 5) is 27.5. The van der Waals surface area contributed by atoms with Gasteiger partial charge in [-0.1, -0.05) is 5.16 Å². The van der Waals surface area contributed by atoms with Crippen LogP contribution in [0.15, 0.2) is 22.9 Å². The first kappa shape index (κ1) is 20.4. The third kappa shape index (κ3) is 4.29. The molecule has 0 aromatic carbocycles. The number of aromatic nitrogens is 3. The molecule has 1 amide bonds. The average molecular weight is 427 g/mol. The van der Waals surface area contributed by atoms with Gasteiger partial charge in [-0.25, -0.2) is 4.98 Å². The van der Waals surface area contributed by atoms with Gasteiger partial charge in [0.15, 0.2) is 0 Å². The van der Waals surface area contributed by atoms with Crippen molar-refractivity contribution in [2.45, 2.75) is 44.7 Å². The molecule has 0 saturated carbocycles. The molecule has 1 atom stereocenters. The number of nitrogens with zero attached hydrogens (tertiary/aromatic N) is 6. The first-order valence-electron chi connectivity index (χ1n) is 11.3. The maximum atomic E-state index is 11.6. The Labute approximate surface area is 182 Å². The molecule has 3 fully saturated rings. The summed E-state index contributed by atoms with van der Waals surface area (Å²) < 4.78 is 11.3. The molecule has 31 heavy (non-hydrogen) atoms. The van der Waals surface area contributed by atoms with Crippen LogP contribution in [-0.2, 0) is 9.53 Å². The fourth-order valence-corrected chi connectivity index (χ4v) is 4.98. The highest BCUT2D eigenvalue weighted by Crippen LogP contribution is 2.36. The predicted molar refractivity (Wildman–Crippen MR) is 115 cm³/mol. The maximum Gasteiger partial charge on any atom is 0.244 e. The number of hydrogen-bond acceptors (Lipinski definition) is 8. The van der Waals surface area contributed by atoms with E-state index in [2.05, 4.69) is 19.9 Å². The summed E-state index contributed by atoms with van der Waals surface area (Å²) in [5, 5.41) is 4.30. The highest BCUT2D eigenvalue weighted by molar-refractivity contribution is 5.73. The van der Waals surface area contributed by atoms with Crippen molar-refractivity contribution in [1.29, 1.82) is 0 Å². The topological polar surface area (TPSA) is 87.8 Å². The van der Waals surface area contributed by atoms with E-state index in [4.69, 9.17) is 14.2 Å². The summed E-state index contributed by atoms with van der Waals surface area (Å²) in [5.41, 5.74) is 0.907. The molecule has 0 N–H and O–H groups in total. The van der Waals surface area contributed by atoms with Gasteiger partial charge in [0.05, 0.1) is 6.04 Å². The van der Waals surface area contributed by atoms with Crippen molar-refractivity contribution in [2.75, 3.05) is 50.8 Å². The van der Waals surface area contributed by atoms with Gasteiger partial charge in [-0.2, -0.15) is 4.98 Å². The Morgan fingerprint density at radius 3 is 2.68 bits per heavy atom. The van der Waals surface area contributed by atoms with Gasteiger partial charge in [-0.3, -0.25) is 9.69 Å². The van der Waals surface area contributed by atoms with E-state index in [0.29, 0.717) is 17.8 Å². The molecule has 2 aromatic rings. The second kappa shape index (κ2) is 8.92. The molecule has 166 valence electrons. The van der Waals surface area contributed by atoms with Crippen LogP contribution in [0.4, 0.5) is 5.82 Å². The van der Waals surface area contributed by atoms with Crippen LogP contribution < -0.4 is 4.90 Å². The summed E-state index contributed by atoms with van der Waals surface area (Å²) in [6, 6.07) is 4.68. The number of hydrogen-bond donors (Lipinski definition) is 0. The molecule has 0 radical (unpaired) electrons. The summed E-state index contributed by atoms with van der Waals surface area (Å²) in [6.45, 7) is 7.36. The predicted octanol–water partition coefficient (Wildman–Crippen LogP) is 2.12. The minimum atomic E-state index is 0.127. The lowest BCUT2D eigenvalue weighted by Gasteiger charge is -2.34. The van der Waals surface area contributed by atoms with Gasteiger partial charge in [-0.05, 0) is 44.4 Å². The van der Waals surface area contributed by atoms with Crippen LogP contribution in [0.2, 0.25) is 0 Å². The van der Waals surface area contributed by atoms with Crippen molar-refractivity contribution in [3.63, 3.8) is 0 Å². The van der Waals surface area contributed by atoms with Crippen LogP contribution in [0.5, 0.6) is 0 Å². The number of amides is 1. The number of ether oxygens (including phenoxy) is 1. The molecule has 2 aromatic heterocycles. The first-order valence-corrected chi connectivity index (χ1v) is 11.3. The number of carbonyl (C=O) groups excluding carboxylic acids is 1. The molecule has 0 bridgehead atoms. The lowest BCUT2D eigenvalue weighted by Crippen LogP contribution is -2.48. The lowest BCUT2D eigenvalue weighted by atomic mass is 10.1. The zero-order valence-corrected chi connectivity index (χ0v) is 18.1. The van der Waals surface area contributed by atoms with Gasteiger partial charge in [0.2, 0.25) is 17.6 Å². The second-order valence-electron chi connectivity index (χ2n) is 8.59. The fourth-order valence-electron chi connectivity index (χ4n) is 4.98. The smallest absolute Gasteiger partial charge is 0.244 e. The van der Waals surface area contributed by atoms with E-state index in [1.807, 2.05) is 17.0 Å². The molecule has 9 heteroatoms. The minimum absolute atomic E-state index is 0.127. The van der Waals surface area contributed by atoms with Gasteiger partial charge in [0.25, 0.3) is 0 Å². The molecule has 5 rings (SSSR count). The molecular formula is C22H30N6O3. The summed E-state index contributed by atoms with van der Waals surface area (Å²) >= 11 is 0. The molecule has 3 saturated heterocycles. The number of rotatable bonds is 4. The first-order chi connectivity index (χ1) is 15.2. The Balaban J connectivity index is 1.30. The van der Waals surface area contributed by atoms with Crippen LogP contribution in [0.3, 0.4) is 0 Å². The standard InChI is InChI=1S/C22H30N6O3/c1-16(29)26-9-11-27(12-10-26)20-15-17(4-7-23-20)21-24-22(31-25-21)19-3-2-8-28(19)18-5-13-30-14-6-18/h4,7,15,18-19H,2-3,5-6,8-14H2,1H3/t19-/m0/s1. The third-order valence-electron chi connectivity index (χ3n) is 6.73. The molecule has 5 heterocycles. The summed E-state index contributed by atoms with van der Waals surface area (Å²) in [5.74, 6) is 2.34. The van der Waals surface area contributed by atoms with Crippen LogP contribution in [0, 0.1) is 0 Å². The minimum Gasteiger partial charge on any atom is -0.381 e. The normalized spacial score (nSPS) is 23.5. The Bertz CT molecular complexity index is 904.